The highest BCUT2D eigenvalue weighted by molar-refractivity contribution is 7.84. The Morgan fingerprint density at radius 1 is 1.38 bits per heavy atom. The number of hydrogen-bond donors (Lipinski definition) is 1. The lowest BCUT2D eigenvalue weighted by molar-refractivity contribution is -0.125. The number of rotatable bonds is 5. The molecular formula is C12H21NO2S. The van der Waals surface area contributed by atoms with Crippen molar-refractivity contribution in [2.45, 2.75) is 37.9 Å². The smallest absolute Gasteiger partial charge is 0.223 e. The summed E-state index contributed by atoms with van der Waals surface area (Å²) in [4.78, 5) is 11.8. The van der Waals surface area contributed by atoms with Crippen LogP contribution in [0, 0.1) is 17.8 Å². The van der Waals surface area contributed by atoms with Crippen molar-refractivity contribution in [3.05, 3.63) is 0 Å². The van der Waals surface area contributed by atoms with E-state index in [0.717, 1.165) is 31.1 Å². The highest BCUT2D eigenvalue weighted by atomic mass is 32.2. The van der Waals surface area contributed by atoms with Crippen LogP contribution in [0.5, 0.6) is 0 Å². The van der Waals surface area contributed by atoms with Crippen molar-refractivity contribution in [1.29, 1.82) is 0 Å². The summed E-state index contributed by atoms with van der Waals surface area (Å²) in [5, 5.41) is 3.16. The summed E-state index contributed by atoms with van der Waals surface area (Å²) < 4.78 is 11.1. The molecule has 2 aliphatic rings. The molecule has 2 fully saturated rings. The fraction of sp³-hybridized carbons (Fsp3) is 0.917. The summed E-state index contributed by atoms with van der Waals surface area (Å²) in [7, 11) is -0.777. The lowest BCUT2D eigenvalue weighted by atomic mass is 10.0. The van der Waals surface area contributed by atoms with E-state index in [1.807, 2.05) is 6.92 Å². The maximum atomic E-state index is 11.8. The summed E-state index contributed by atoms with van der Waals surface area (Å²) in [6.07, 6.45) is 6.10. The first-order chi connectivity index (χ1) is 7.58. The highest BCUT2D eigenvalue weighted by Gasteiger charge is 2.47. The number of hydrogen-bond acceptors (Lipinski definition) is 2. The molecule has 16 heavy (non-hydrogen) atoms. The van der Waals surface area contributed by atoms with Crippen molar-refractivity contribution < 1.29 is 9.00 Å². The maximum absolute atomic E-state index is 11.8. The Labute approximate surface area is 99.8 Å². The lowest BCUT2D eigenvalue weighted by Gasteiger charge is -2.13. The normalized spacial score (nSPS) is 35.2. The predicted octanol–water partition coefficient (Wildman–Crippen LogP) is 1.31. The van der Waals surface area contributed by atoms with Gasteiger partial charge in [0.15, 0.2) is 0 Å². The molecule has 0 aromatic carbocycles. The Hall–Kier alpha value is -0.380. The van der Waals surface area contributed by atoms with Gasteiger partial charge in [0.25, 0.3) is 0 Å². The summed E-state index contributed by atoms with van der Waals surface area (Å²) in [6.45, 7) is 2.64. The van der Waals surface area contributed by atoms with E-state index in [9.17, 15) is 9.00 Å². The second-order valence-corrected chi connectivity index (χ2v) is 7.12. The van der Waals surface area contributed by atoms with E-state index in [-0.39, 0.29) is 17.1 Å². The Balaban J connectivity index is 1.62. The number of carbonyl (C=O) groups excluding carboxylic acids is 1. The minimum Gasteiger partial charge on any atom is -0.356 e. The van der Waals surface area contributed by atoms with E-state index in [0.29, 0.717) is 6.54 Å². The first-order valence-electron chi connectivity index (χ1n) is 6.18. The Kier molecular flexibility index (Phi) is 3.67. The first kappa shape index (κ1) is 12.1. The van der Waals surface area contributed by atoms with Crippen LogP contribution in [-0.4, -0.2) is 28.2 Å². The van der Waals surface area contributed by atoms with Crippen LogP contribution in [0.25, 0.3) is 0 Å². The maximum Gasteiger partial charge on any atom is 0.223 e. The zero-order valence-corrected chi connectivity index (χ0v) is 10.9. The molecular weight excluding hydrogens is 222 g/mol. The minimum atomic E-state index is -0.777. The van der Waals surface area contributed by atoms with Gasteiger partial charge in [-0.2, -0.15) is 0 Å². The molecule has 0 radical (unpaired) electrons. The summed E-state index contributed by atoms with van der Waals surface area (Å²) in [5.74, 6) is 2.21. The van der Waals surface area contributed by atoms with Crippen molar-refractivity contribution in [3.63, 3.8) is 0 Å². The number of carbonyl (C=O) groups is 1. The zero-order chi connectivity index (χ0) is 11.7. The molecule has 0 heterocycles. The fourth-order valence-corrected chi connectivity index (χ4v) is 3.09. The second kappa shape index (κ2) is 4.86. The molecule has 4 heteroatoms. The molecule has 4 unspecified atom stereocenters. The molecule has 1 N–H and O–H groups in total. The van der Waals surface area contributed by atoms with Gasteiger partial charge in [-0.25, -0.2) is 0 Å². The number of amides is 1. The van der Waals surface area contributed by atoms with Crippen LogP contribution in [0.15, 0.2) is 0 Å². The van der Waals surface area contributed by atoms with Crippen molar-refractivity contribution in [2.75, 3.05) is 12.8 Å². The number of fused-ring (bicyclic) bond motifs is 1. The standard InChI is InChI=1S/C12H21NO2S/c1-8(16(2)15)3-4-13-12(14)11-6-9-5-10(9)7-11/h8-11H,3-7H2,1-2H3,(H,13,14). The van der Waals surface area contributed by atoms with Crippen molar-refractivity contribution >= 4 is 16.7 Å². The van der Waals surface area contributed by atoms with Crippen molar-refractivity contribution in [2.24, 2.45) is 17.8 Å². The van der Waals surface area contributed by atoms with Gasteiger partial charge in [0.1, 0.15) is 0 Å². The molecule has 92 valence electrons. The second-order valence-electron chi connectivity index (χ2n) is 5.31. The van der Waals surface area contributed by atoms with Crippen LogP contribution in [0.1, 0.15) is 32.6 Å². The molecule has 0 aromatic rings. The molecule has 4 atom stereocenters. The zero-order valence-electron chi connectivity index (χ0n) is 10.1. The molecule has 1 amide bonds. The molecule has 0 aliphatic heterocycles. The predicted molar refractivity (Wildman–Crippen MR) is 65.5 cm³/mol. The third-order valence-corrected chi connectivity index (χ3v) is 5.40. The topological polar surface area (TPSA) is 46.2 Å². The van der Waals surface area contributed by atoms with Crippen LogP contribution in [-0.2, 0) is 15.6 Å². The molecule has 0 spiro atoms. The highest BCUT2D eigenvalue weighted by Crippen LogP contribution is 2.54. The van der Waals surface area contributed by atoms with E-state index in [1.165, 1.54) is 6.42 Å². The lowest BCUT2D eigenvalue weighted by Crippen LogP contribution is -2.32. The third-order valence-electron chi connectivity index (χ3n) is 4.03. The molecule has 3 nitrogen and oxygen atoms in total. The summed E-state index contributed by atoms with van der Waals surface area (Å²) >= 11 is 0. The van der Waals surface area contributed by atoms with Gasteiger partial charge in [0, 0.05) is 34.8 Å². The molecule has 0 aromatic heterocycles. The molecule has 0 saturated heterocycles. The Morgan fingerprint density at radius 2 is 2.00 bits per heavy atom. The Morgan fingerprint density at radius 3 is 2.56 bits per heavy atom. The van der Waals surface area contributed by atoms with Gasteiger partial charge >= 0.3 is 0 Å². The molecule has 0 bridgehead atoms. The SMILES string of the molecule is CC(CCNC(=O)C1CC2CC2C1)S(C)=O. The van der Waals surface area contributed by atoms with Gasteiger partial charge in [-0.3, -0.25) is 9.00 Å². The van der Waals surface area contributed by atoms with Gasteiger partial charge in [-0.05, 0) is 37.5 Å². The average molecular weight is 243 g/mol. The molecule has 2 aliphatic carbocycles. The van der Waals surface area contributed by atoms with Crippen molar-refractivity contribution in [3.8, 4) is 0 Å². The fourth-order valence-electron chi connectivity index (χ4n) is 2.64. The van der Waals surface area contributed by atoms with E-state index in [1.54, 1.807) is 6.26 Å². The first-order valence-corrected chi connectivity index (χ1v) is 7.80. The molecule has 2 saturated carbocycles. The average Bonchev–Trinajstić information content (AvgIpc) is 2.85. The summed E-state index contributed by atoms with van der Waals surface area (Å²) in [5.41, 5.74) is 0. The third kappa shape index (κ3) is 2.84. The van der Waals surface area contributed by atoms with E-state index >= 15 is 0 Å². The largest absolute Gasteiger partial charge is 0.356 e. The van der Waals surface area contributed by atoms with Crippen LogP contribution in [0.3, 0.4) is 0 Å². The van der Waals surface area contributed by atoms with Gasteiger partial charge < -0.3 is 5.32 Å². The van der Waals surface area contributed by atoms with Gasteiger partial charge in [0.2, 0.25) is 5.91 Å². The van der Waals surface area contributed by atoms with Crippen LogP contribution in [0.4, 0.5) is 0 Å². The van der Waals surface area contributed by atoms with Crippen molar-refractivity contribution in [1.82, 2.24) is 5.32 Å². The molecule has 2 rings (SSSR count). The van der Waals surface area contributed by atoms with Crippen LogP contribution in [0.2, 0.25) is 0 Å². The number of nitrogens with one attached hydrogen (secondary N) is 1. The van der Waals surface area contributed by atoms with Crippen LogP contribution >= 0.6 is 0 Å². The quantitative estimate of drug-likeness (QED) is 0.791. The Bertz CT molecular complexity index is 295. The van der Waals surface area contributed by atoms with Crippen LogP contribution < -0.4 is 5.32 Å². The minimum absolute atomic E-state index is 0.178. The van der Waals surface area contributed by atoms with Gasteiger partial charge in [-0.15, -0.1) is 0 Å². The van der Waals surface area contributed by atoms with Gasteiger partial charge in [0.05, 0.1) is 0 Å². The van der Waals surface area contributed by atoms with E-state index in [2.05, 4.69) is 5.32 Å². The van der Waals surface area contributed by atoms with E-state index < -0.39 is 10.8 Å². The van der Waals surface area contributed by atoms with E-state index in [4.69, 9.17) is 0 Å². The van der Waals surface area contributed by atoms with Gasteiger partial charge in [-0.1, -0.05) is 6.92 Å². The monoisotopic (exact) mass is 243 g/mol. The summed E-state index contributed by atoms with van der Waals surface area (Å²) in [6, 6.07) is 0.